The minimum absolute atomic E-state index is 0.222. The maximum Gasteiger partial charge on any atom is 0.293 e. The molecule has 0 aliphatic carbocycles. The van der Waals surface area contributed by atoms with Crippen molar-refractivity contribution >= 4 is 21.4 Å². The second-order valence-corrected chi connectivity index (χ2v) is 7.60. The molecule has 0 saturated heterocycles. The highest BCUT2D eigenvalue weighted by Gasteiger charge is 2.34. The van der Waals surface area contributed by atoms with Crippen LogP contribution < -0.4 is 13.8 Å². The molecule has 1 heterocycles. The van der Waals surface area contributed by atoms with Crippen LogP contribution in [0.5, 0.6) is 11.5 Å². The Morgan fingerprint density at radius 3 is 2.38 bits per heavy atom. The van der Waals surface area contributed by atoms with Crippen LogP contribution in [0.2, 0.25) is 0 Å². The summed E-state index contributed by atoms with van der Waals surface area (Å²) in [6, 6.07) is 8.86. The Bertz CT molecular complexity index is 958. The Morgan fingerprint density at radius 1 is 1.08 bits per heavy atom. The number of fused-ring (bicyclic) bond motifs is 1. The van der Waals surface area contributed by atoms with Gasteiger partial charge < -0.3 is 9.47 Å². The van der Waals surface area contributed by atoms with Gasteiger partial charge in [-0.05, 0) is 48.7 Å². The van der Waals surface area contributed by atoms with Crippen LogP contribution in [-0.2, 0) is 16.4 Å². The van der Waals surface area contributed by atoms with Crippen molar-refractivity contribution in [3.05, 3.63) is 52.1 Å². The second-order valence-electron chi connectivity index (χ2n) is 5.77. The van der Waals surface area contributed by atoms with E-state index >= 15 is 0 Å². The third-order valence-electron chi connectivity index (χ3n) is 4.29. The Labute approximate surface area is 151 Å². The van der Waals surface area contributed by atoms with Crippen LogP contribution in [0.3, 0.4) is 0 Å². The van der Waals surface area contributed by atoms with E-state index in [1.165, 1.54) is 23.5 Å². The molecule has 8 nitrogen and oxygen atoms in total. The minimum atomic E-state index is -4.10. The van der Waals surface area contributed by atoms with Crippen molar-refractivity contribution in [2.45, 2.75) is 17.7 Å². The molecule has 2 aromatic rings. The van der Waals surface area contributed by atoms with Crippen molar-refractivity contribution in [2.75, 3.05) is 25.1 Å². The molecule has 2 aromatic carbocycles. The minimum Gasteiger partial charge on any atom is -0.497 e. The molecule has 0 spiro atoms. The quantitative estimate of drug-likeness (QED) is 0.586. The van der Waals surface area contributed by atoms with Crippen molar-refractivity contribution in [1.29, 1.82) is 0 Å². The molecule has 0 radical (unpaired) electrons. The Hall–Kier alpha value is -2.81. The van der Waals surface area contributed by atoms with Crippen molar-refractivity contribution in [3.63, 3.8) is 0 Å². The Morgan fingerprint density at radius 2 is 1.73 bits per heavy atom. The summed E-state index contributed by atoms with van der Waals surface area (Å²) in [5, 5.41) is 11.4. The van der Waals surface area contributed by atoms with Gasteiger partial charge in [-0.1, -0.05) is 0 Å². The van der Waals surface area contributed by atoms with Crippen LogP contribution in [0.4, 0.5) is 11.4 Å². The number of ether oxygens (including phenoxy) is 2. The first-order chi connectivity index (χ1) is 12.4. The molecule has 26 heavy (non-hydrogen) atoms. The molecule has 0 N–H and O–H groups in total. The van der Waals surface area contributed by atoms with E-state index in [1.54, 1.807) is 25.3 Å². The Kier molecular flexibility index (Phi) is 4.73. The third kappa shape index (κ3) is 3.05. The van der Waals surface area contributed by atoms with Crippen LogP contribution in [-0.4, -0.2) is 34.1 Å². The van der Waals surface area contributed by atoms with Crippen molar-refractivity contribution < 1.29 is 22.8 Å². The number of nitrogens with zero attached hydrogens (tertiary/aromatic N) is 2. The van der Waals surface area contributed by atoms with E-state index in [0.717, 1.165) is 11.6 Å². The molecular formula is C17H18N2O6S. The lowest BCUT2D eigenvalue weighted by molar-refractivity contribution is -0.387. The number of nitro groups is 1. The number of hydrogen-bond donors (Lipinski definition) is 0. The fourth-order valence-electron chi connectivity index (χ4n) is 3.02. The average molecular weight is 378 g/mol. The lowest BCUT2D eigenvalue weighted by atomic mass is 10.0. The van der Waals surface area contributed by atoms with Crippen LogP contribution in [0.25, 0.3) is 0 Å². The standard InChI is InChI=1S/C17H18N2O6S/c1-24-13-5-7-15-12(10-13)4-3-9-18(15)26(22,23)17-8-6-14(25-2)11-16(17)19(20)21/h5-8,10-11H,3-4,9H2,1-2H3. The first kappa shape index (κ1) is 18.0. The molecule has 0 fully saturated rings. The van der Waals surface area contributed by atoms with Crippen LogP contribution in [0.1, 0.15) is 12.0 Å². The summed E-state index contributed by atoms with van der Waals surface area (Å²) in [4.78, 5) is 10.3. The summed E-state index contributed by atoms with van der Waals surface area (Å²) in [5.74, 6) is 0.859. The molecule has 0 bridgehead atoms. The SMILES string of the molecule is COc1ccc2c(c1)CCCN2S(=O)(=O)c1ccc(OC)cc1[N+](=O)[O-]. The number of aryl methyl sites for hydroxylation is 1. The van der Waals surface area contributed by atoms with Gasteiger partial charge in [0.1, 0.15) is 11.5 Å². The van der Waals surface area contributed by atoms with Gasteiger partial charge in [0, 0.05) is 6.54 Å². The zero-order valence-electron chi connectivity index (χ0n) is 14.3. The fraction of sp³-hybridized carbons (Fsp3) is 0.294. The molecule has 0 amide bonds. The highest BCUT2D eigenvalue weighted by Crippen LogP contribution is 2.37. The smallest absolute Gasteiger partial charge is 0.293 e. The molecule has 1 aliphatic heterocycles. The fourth-order valence-corrected chi connectivity index (χ4v) is 4.70. The van der Waals surface area contributed by atoms with Gasteiger partial charge in [-0.25, -0.2) is 8.42 Å². The summed E-state index contributed by atoms with van der Waals surface area (Å²) in [5.41, 5.74) is 0.836. The molecule has 3 rings (SSSR count). The molecule has 0 atom stereocenters. The van der Waals surface area contributed by atoms with Gasteiger partial charge in [0.25, 0.3) is 15.7 Å². The average Bonchev–Trinajstić information content (AvgIpc) is 2.66. The summed E-state index contributed by atoms with van der Waals surface area (Å²) >= 11 is 0. The van der Waals surface area contributed by atoms with Gasteiger partial charge in [-0.15, -0.1) is 0 Å². The first-order valence-corrected chi connectivity index (χ1v) is 9.34. The first-order valence-electron chi connectivity index (χ1n) is 7.90. The summed E-state index contributed by atoms with van der Waals surface area (Å²) < 4.78 is 37.7. The largest absolute Gasteiger partial charge is 0.497 e. The lowest BCUT2D eigenvalue weighted by Crippen LogP contribution is -2.35. The molecule has 138 valence electrons. The topological polar surface area (TPSA) is 99.0 Å². The highest BCUT2D eigenvalue weighted by molar-refractivity contribution is 7.93. The van der Waals surface area contributed by atoms with Gasteiger partial charge in [0.2, 0.25) is 0 Å². The van der Waals surface area contributed by atoms with Gasteiger partial charge in [-0.3, -0.25) is 14.4 Å². The van der Waals surface area contributed by atoms with E-state index < -0.39 is 20.6 Å². The van der Waals surface area contributed by atoms with E-state index in [2.05, 4.69) is 0 Å². The van der Waals surface area contributed by atoms with E-state index in [0.29, 0.717) is 24.3 Å². The number of hydrogen-bond acceptors (Lipinski definition) is 6. The predicted molar refractivity (Wildman–Crippen MR) is 95.5 cm³/mol. The zero-order valence-corrected chi connectivity index (χ0v) is 15.2. The number of methoxy groups -OCH3 is 2. The monoisotopic (exact) mass is 378 g/mol. The number of benzene rings is 2. The van der Waals surface area contributed by atoms with Gasteiger partial charge >= 0.3 is 0 Å². The van der Waals surface area contributed by atoms with Crippen LogP contribution in [0, 0.1) is 10.1 Å². The number of sulfonamides is 1. The van der Waals surface area contributed by atoms with Crippen molar-refractivity contribution in [2.24, 2.45) is 0 Å². The second kappa shape index (κ2) is 6.83. The number of nitro benzene ring substituents is 1. The molecule has 9 heteroatoms. The molecule has 0 aromatic heterocycles. The van der Waals surface area contributed by atoms with Crippen LogP contribution in [0.15, 0.2) is 41.3 Å². The van der Waals surface area contributed by atoms with Gasteiger partial charge in [-0.2, -0.15) is 0 Å². The maximum atomic E-state index is 13.2. The molecule has 1 aliphatic rings. The molecular weight excluding hydrogens is 360 g/mol. The zero-order chi connectivity index (χ0) is 18.9. The molecule has 0 unspecified atom stereocenters. The van der Waals surface area contributed by atoms with Crippen LogP contribution >= 0.6 is 0 Å². The number of anilines is 1. The van der Waals surface area contributed by atoms with Gasteiger partial charge in [0.05, 0.1) is 30.9 Å². The van der Waals surface area contributed by atoms with Crippen molar-refractivity contribution in [3.8, 4) is 11.5 Å². The lowest BCUT2D eigenvalue weighted by Gasteiger charge is -2.30. The van der Waals surface area contributed by atoms with E-state index in [-0.39, 0.29) is 17.2 Å². The highest BCUT2D eigenvalue weighted by atomic mass is 32.2. The predicted octanol–water partition coefficient (Wildman–Crippen LogP) is 2.75. The van der Waals surface area contributed by atoms with Crippen molar-refractivity contribution in [1.82, 2.24) is 0 Å². The summed E-state index contributed by atoms with van der Waals surface area (Å²) in [6.45, 7) is 0.255. The molecule has 0 saturated carbocycles. The van der Waals surface area contributed by atoms with E-state index in [9.17, 15) is 18.5 Å². The number of rotatable bonds is 5. The maximum absolute atomic E-state index is 13.2. The van der Waals surface area contributed by atoms with E-state index in [4.69, 9.17) is 9.47 Å². The summed E-state index contributed by atoms with van der Waals surface area (Å²) in [6.07, 6.45) is 1.33. The normalized spacial score (nSPS) is 13.8. The van der Waals surface area contributed by atoms with E-state index in [1.807, 2.05) is 0 Å². The Balaban J connectivity index is 2.12. The summed E-state index contributed by atoms with van der Waals surface area (Å²) in [7, 11) is -1.20. The van der Waals surface area contributed by atoms with Gasteiger partial charge in [0.15, 0.2) is 4.90 Å². The third-order valence-corrected chi connectivity index (χ3v) is 6.15.